The molecule has 3 nitrogen and oxygen atoms in total. The van der Waals surface area contributed by atoms with Crippen LogP contribution in [0.5, 0.6) is 0 Å². The van der Waals surface area contributed by atoms with Crippen LogP contribution in [0.15, 0.2) is 42.5 Å². The minimum atomic E-state index is 0.189. The highest BCUT2D eigenvalue weighted by atomic mass is 35.5. The second kappa shape index (κ2) is 7.59. The van der Waals surface area contributed by atoms with E-state index in [0.717, 1.165) is 38.2 Å². The Bertz CT molecular complexity index is 797. The molecule has 4 rings (SSSR count). The zero-order chi connectivity index (χ0) is 18.1. The molecule has 0 atom stereocenters. The molecule has 5 heteroatoms. The standard InChI is InChI=1S/C21H22Cl2N2O/c22-19-6-3-7-20(23)18(19)8-9-21(26)25-13-17(14-25)24-11-10-15-4-1-2-5-16(15)12-24/h1-7,17H,8-14H2. The van der Waals surface area contributed by atoms with E-state index in [0.29, 0.717) is 28.9 Å². The van der Waals surface area contributed by atoms with Crippen LogP contribution >= 0.6 is 23.2 Å². The smallest absolute Gasteiger partial charge is 0.223 e. The summed E-state index contributed by atoms with van der Waals surface area (Å²) in [6, 6.07) is 14.6. The van der Waals surface area contributed by atoms with E-state index in [1.165, 1.54) is 11.1 Å². The van der Waals surface area contributed by atoms with Crippen LogP contribution in [0.25, 0.3) is 0 Å². The fourth-order valence-corrected chi connectivity index (χ4v) is 4.47. The van der Waals surface area contributed by atoms with Crippen LogP contribution in [0.2, 0.25) is 10.0 Å². The van der Waals surface area contributed by atoms with Gasteiger partial charge in [0.15, 0.2) is 0 Å². The lowest BCUT2D eigenvalue weighted by Gasteiger charge is -2.47. The number of nitrogens with zero attached hydrogens (tertiary/aromatic N) is 2. The Morgan fingerprint density at radius 2 is 1.69 bits per heavy atom. The second-order valence-electron chi connectivity index (χ2n) is 7.14. The Balaban J connectivity index is 1.28. The third kappa shape index (κ3) is 3.62. The molecular weight excluding hydrogens is 367 g/mol. The van der Waals surface area contributed by atoms with E-state index in [4.69, 9.17) is 23.2 Å². The minimum absolute atomic E-state index is 0.189. The van der Waals surface area contributed by atoms with Crippen molar-refractivity contribution in [2.24, 2.45) is 0 Å². The van der Waals surface area contributed by atoms with Gasteiger partial charge in [0.1, 0.15) is 0 Å². The van der Waals surface area contributed by atoms with Crippen LogP contribution in [-0.2, 0) is 24.2 Å². The number of rotatable bonds is 4. The van der Waals surface area contributed by atoms with Gasteiger partial charge in [-0.2, -0.15) is 0 Å². The van der Waals surface area contributed by atoms with Crippen molar-refractivity contribution in [3.05, 3.63) is 69.2 Å². The van der Waals surface area contributed by atoms with E-state index in [1.54, 1.807) is 0 Å². The summed E-state index contributed by atoms with van der Waals surface area (Å²) < 4.78 is 0. The molecule has 2 aliphatic rings. The number of halogens is 2. The topological polar surface area (TPSA) is 23.6 Å². The maximum atomic E-state index is 12.5. The highest BCUT2D eigenvalue weighted by molar-refractivity contribution is 6.36. The van der Waals surface area contributed by atoms with Crippen LogP contribution in [0.3, 0.4) is 0 Å². The average molecular weight is 389 g/mol. The summed E-state index contributed by atoms with van der Waals surface area (Å²) in [4.78, 5) is 16.9. The molecule has 0 saturated carbocycles. The highest BCUT2D eigenvalue weighted by Gasteiger charge is 2.35. The summed E-state index contributed by atoms with van der Waals surface area (Å²) in [5.41, 5.74) is 3.76. The molecule has 0 unspecified atom stereocenters. The molecule has 2 aromatic rings. The Morgan fingerprint density at radius 1 is 1.00 bits per heavy atom. The van der Waals surface area contributed by atoms with Crippen molar-refractivity contribution in [2.75, 3.05) is 19.6 Å². The summed E-state index contributed by atoms with van der Waals surface area (Å²) in [5.74, 6) is 0.189. The first-order valence-electron chi connectivity index (χ1n) is 9.13. The summed E-state index contributed by atoms with van der Waals surface area (Å²) in [5, 5.41) is 1.28. The Hall–Kier alpha value is -1.55. The predicted octanol–water partition coefficient (Wildman–Crippen LogP) is 4.20. The molecule has 0 spiro atoms. The first kappa shape index (κ1) is 17.8. The van der Waals surface area contributed by atoms with Crippen LogP contribution in [-0.4, -0.2) is 41.4 Å². The van der Waals surface area contributed by atoms with Crippen LogP contribution < -0.4 is 0 Å². The van der Waals surface area contributed by atoms with Gasteiger partial charge in [-0.15, -0.1) is 0 Å². The van der Waals surface area contributed by atoms with Gasteiger partial charge in [0.2, 0.25) is 5.91 Å². The predicted molar refractivity (Wildman–Crippen MR) is 106 cm³/mol. The molecule has 0 radical (unpaired) electrons. The number of likely N-dealkylation sites (tertiary alicyclic amines) is 1. The van der Waals surface area contributed by atoms with Crippen molar-refractivity contribution in [1.29, 1.82) is 0 Å². The molecular formula is C21H22Cl2N2O. The largest absolute Gasteiger partial charge is 0.339 e. The third-order valence-corrected chi connectivity index (χ3v) is 6.25. The molecule has 0 aromatic heterocycles. The number of carbonyl (C=O) groups excluding carboxylic acids is 1. The van der Waals surface area contributed by atoms with E-state index in [-0.39, 0.29) is 5.91 Å². The first-order chi connectivity index (χ1) is 12.6. The second-order valence-corrected chi connectivity index (χ2v) is 7.96. The van der Waals surface area contributed by atoms with Gasteiger partial charge in [-0.3, -0.25) is 9.69 Å². The summed E-state index contributed by atoms with van der Waals surface area (Å²) >= 11 is 12.4. The summed E-state index contributed by atoms with van der Waals surface area (Å²) in [6.45, 7) is 3.74. The van der Waals surface area contributed by atoms with E-state index < -0.39 is 0 Å². The molecule has 2 aromatic carbocycles. The van der Waals surface area contributed by atoms with E-state index >= 15 is 0 Å². The van der Waals surface area contributed by atoms with Crippen molar-refractivity contribution in [3.63, 3.8) is 0 Å². The number of hydrogen-bond donors (Lipinski definition) is 0. The maximum absolute atomic E-state index is 12.5. The number of carbonyl (C=O) groups is 1. The van der Waals surface area contributed by atoms with Gasteiger partial charge >= 0.3 is 0 Å². The summed E-state index contributed by atoms with van der Waals surface area (Å²) in [6.07, 6.45) is 2.15. The van der Waals surface area contributed by atoms with E-state index in [1.807, 2.05) is 23.1 Å². The molecule has 1 saturated heterocycles. The van der Waals surface area contributed by atoms with Crippen molar-refractivity contribution in [3.8, 4) is 0 Å². The Kier molecular flexibility index (Phi) is 5.21. The molecule has 2 heterocycles. The van der Waals surface area contributed by atoms with Crippen LogP contribution in [0.4, 0.5) is 0 Å². The van der Waals surface area contributed by atoms with Crippen molar-refractivity contribution < 1.29 is 4.79 Å². The molecule has 1 fully saturated rings. The van der Waals surface area contributed by atoms with Crippen molar-refractivity contribution >= 4 is 29.1 Å². The van der Waals surface area contributed by atoms with Crippen molar-refractivity contribution in [1.82, 2.24) is 9.80 Å². The molecule has 26 heavy (non-hydrogen) atoms. The van der Waals surface area contributed by atoms with Gasteiger partial charge in [-0.25, -0.2) is 0 Å². The van der Waals surface area contributed by atoms with Gasteiger partial charge in [0.05, 0.1) is 0 Å². The molecule has 0 N–H and O–H groups in total. The Morgan fingerprint density at radius 3 is 2.42 bits per heavy atom. The van der Waals surface area contributed by atoms with E-state index in [9.17, 15) is 4.79 Å². The molecule has 0 aliphatic carbocycles. The fraction of sp³-hybridized carbons (Fsp3) is 0.381. The van der Waals surface area contributed by atoms with Gasteiger partial charge < -0.3 is 4.90 Å². The monoisotopic (exact) mass is 388 g/mol. The lowest BCUT2D eigenvalue weighted by atomic mass is 9.96. The quantitative estimate of drug-likeness (QED) is 0.783. The maximum Gasteiger partial charge on any atom is 0.223 e. The SMILES string of the molecule is O=C(CCc1c(Cl)cccc1Cl)N1CC(N2CCc3ccccc3C2)C1. The van der Waals surface area contributed by atoms with Gasteiger partial charge in [0.25, 0.3) is 0 Å². The zero-order valence-electron chi connectivity index (χ0n) is 14.6. The lowest BCUT2D eigenvalue weighted by molar-refractivity contribution is -0.138. The summed E-state index contributed by atoms with van der Waals surface area (Å²) in [7, 11) is 0. The van der Waals surface area contributed by atoms with E-state index in [2.05, 4.69) is 29.2 Å². The van der Waals surface area contributed by atoms with Crippen LogP contribution in [0.1, 0.15) is 23.1 Å². The lowest BCUT2D eigenvalue weighted by Crippen LogP contribution is -2.61. The first-order valence-corrected chi connectivity index (χ1v) is 9.89. The average Bonchev–Trinajstić information content (AvgIpc) is 2.60. The number of amides is 1. The Labute approximate surface area is 164 Å². The zero-order valence-corrected chi connectivity index (χ0v) is 16.1. The molecule has 136 valence electrons. The van der Waals surface area contributed by atoms with Gasteiger partial charge in [-0.1, -0.05) is 53.5 Å². The normalized spacial score (nSPS) is 17.7. The molecule has 2 aliphatic heterocycles. The fourth-order valence-electron chi connectivity index (χ4n) is 3.88. The minimum Gasteiger partial charge on any atom is -0.339 e. The number of benzene rings is 2. The van der Waals surface area contributed by atoms with Gasteiger partial charge in [-0.05, 0) is 41.7 Å². The van der Waals surface area contributed by atoms with Crippen molar-refractivity contribution in [2.45, 2.75) is 31.8 Å². The number of fused-ring (bicyclic) bond motifs is 1. The van der Waals surface area contributed by atoms with Gasteiger partial charge in [0, 0.05) is 48.7 Å². The molecule has 0 bridgehead atoms. The number of hydrogen-bond acceptors (Lipinski definition) is 2. The molecule has 1 amide bonds. The third-order valence-electron chi connectivity index (χ3n) is 5.54. The van der Waals surface area contributed by atoms with Crippen LogP contribution in [0, 0.1) is 0 Å². The highest BCUT2D eigenvalue weighted by Crippen LogP contribution is 2.27.